The molecule has 1 atom stereocenters. The summed E-state index contributed by atoms with van der Waals surface area (Å²) in [6.45, 7) is 11.6. The smallest absolute Gasteiger partial charge is 0.0682 e. The number of piperazine rings is 1. The molecule has 1 rings (SSSR count). The molecular formula is C12H31N7. The average Bonchev–Trinajstić information content (AvgIpc) is 2.42. The van der Waals surface area contributed by atoms with Crippen molar-refractivity contribution in [3.8, 4) is 0 Å². The lowest BCUT2D eigenvalue weighted by molar-refractivity contribution is -0.0604. The van der Waals surface area contributed by atoms with E-state index >= 15 is 0 Å². The van der Waals surface area contributed by atoms with Crippen LogP contribution in [-0.4, -0.2) is 81.6 Å². The van der Waals surface area contributed by atoms with Gasteiger partial charge >= 0.3 is 0 Å². The first-order valence-electron chi connectivity index (χ1n) is 7.35. The number of nitrogens with one attached hydrogen (secondary N) is 3. The van der Waals surface area contributed by atoms with Gasteiger partial charge in [-0.2, -0.15) is 0 Å². The monoisotopic (exact) mass is 273 g/mol. The normalized spacial score (nSPS) is 18.9. The van der Waals surface area contributed by atoms with E-state index in [0.29, 0.717) is 6.54 Å². The van der Waals surface area contributed by atoms with E-state index in [9.17, 15) is 0 Å². The first-order chi connectivity index (χ1) is 9.25. The summed E-state index contributed by atoms with van der Waals surface area (Å²) < 4.78 is 0. The summed E-state index contributed by atoms with van der Waals surface area (Å²) in [5.74, 6) is 0. The van der Waals surface area contributed by atoms with Gasteiger partial charge in [-0.25, -0.2) is 10.0 Å². The molecule has 7 heteroatoms. The molecule has 1 aliphatic rings. The molecule has 0 saturated carbocycles. The minimum absolute atomic E-state index is 0.0651. The van der Waals surface area contributed by atoms with Crippen LogP contribution < -0.4 is 27.4 Å². The summed E-state index contributed by atoms with van der Waals surface area (Å²) in [6.07, 6.45) is 0.0651. The van der Waals surface area contributed by atoms with Crippen LogP contribution in [0.2, 0.25) is 0 Å². The van der Waals surface area contributed by atoms with Crippen molar-refractivity contribution in [3.63, 3.8) is 0 Å². The van der Waals surface area contributed by atoms with Crippen LogP contribution in [0.3, 0.4) is 0 Å². The molecule has 1 fully saturated rings. The van der Waals surface area contributed by atoms with Gasteiger partial charge in [0, 0.05) is 65.4 Å². The van der Waals surface area contributed by atoms with E-state index in [1.165, 1.54) is 0 Å². The highest BCUT2D eigenvalue weighted by atomic mass is 15.7. The summed E-state index contributed by atoms with van der Waals surface area (Å²) in [4.78, 5) is 0. The second-order valence-corrected chi connectivity index (χ2v) is 4.90. The van der Waals surface area contributed by atoms with Crippen LogP contribution in [0.5, 0.6) is 0 Å². The lowest BCUT2D eigenvalue weighted by Crippen LogP contribution is -2.58. The van der Waals surface area contributed by atoms with Crippen LogP contribution in [-0.2, 0) is 0 Å². The van der Waals surface area contributed by atoms with Gasteiger partial charge in [-0.1, -0.05) is 0 Å². The van der Waals surface area contributed by atoms with Gasteiger partial charge in [-0.05, 0) is 6.92 Å². The van der Waals surface area contributed by atoms with Gasteiger partial charge in [0.1, 0.15) is 0 Å². The van der Waals surface area contributed by atoms with E-state index in [4.69, 9.17) is 11.5 Å². The van der Waals surface area contributed by atoms with Gasteiger partial charge < -0.3 is 27.4 Å². The van der Waals surface area contributed by atoms with Crippen LogP contribution >= 0.6 is 0 Å². The molecule has 1 saturated heterocycles. The van der Waals surface area contributed by atoms with Crippen LogP contribution in [0, 0.1) is 0 Å². The Morgan fingerprint density at radius 2 is 1.79 bits per heavy atom. The lowest BCUT2D eigenvalue weighted by atomic mass is 10.4. The summed E-state index contributed by atoms with van der Waals surface area (Å²) >= 11 is 0. The van der Waals surface area contributed by atoms with Gasteiger partial charge in [-0.3, -0.25) is 0 Å². The first-order valence-corrected chi connectivity index (χ1v) is 7.35. The molecule has 0 aromatic rings. The fourth-order valence-electron chi connectivity index (χ4n) is 2.24. The largest absolute Gasteiger partial charge is 0.329 e. The highest BCUT2D eigenvalue weighted by molar-refractivity contribution is 4.69. The summed E-state index contributed by atoms with van der Waals surface area (Å²) in [6, 6.07) is 0. The maximum absolute atomic E-state index is 6.06. The number of nitrogens with zero attached hydrogens (tertiary/aromatic N) is 2. The SMILES string of the molecule is CC(N)N(CCNCCNCCN)N1CCNCC1. The van der Waals surface area contributed by atoms with Crippen molar-refractivity contribution in [3.05, 3.63) is 0 Å². The van der Waals surface area contributed by atoms with E-state index < -0.39 is 0 Å². The Labute approximate surface area is 117 Å². The maximum atomic E-state index is 6.06. The molecule has 19 heavy (non-hydrogen) atoms. The first kappa shape index (κ1) is 16.8. The van der Waals surface area contributed by atoms with Gasteiger partial charge in [0.05, 0.1) is 6.17 Å². The molecule has 1 unspecified atom stereocenters. The van der Waals surface area contributed by atoms with E-state index in [2.05, 4.69) is 26.0 Å². The zero-order chi connectivity index (χ0) is 13.9. The summed E-state index contributed by atoms with van der Waals surface area (Å²) in [7, 11) is 0. The molecule has 0 amide bonds. The van der Waals surface area contributed by atoms with Gasteiger partial charge in [0.25, 0.3) is 0 Å². The molecule has 0 radical (unpaired) electrons. The zero-order valence-corrected chi connectivity index (χ0v) is 12.2. The minimum atomic E-state index is 0.0651. The minimum Gasteiger partial charge on any atom is -0.329 e. The fraction of sp³-hybridized carbons (Fsp3) is 1.00. The van der Waals surface area contributed by atoms with Crippen molar-refractivity contribution in [1.82, 2.24) is 26.0 Å². The molecule has 0 bridgehead atoms. The standard InChI is InChI=1S/C12H31N7/c1-12(14)19(18-9-6-17-7-10-18)11-8-16-5-4-15-3-2-13/h12,15-17H,2-11,13-14H2,1H3. The Morgan fingerprint density at radius 1 is 1.16 bits per heavy atom. The van der Waals surface area contributed by atoms with E-state index in [1.807, 2.05) is 6.92 Å². The molecule has 1 aliphatic heterocycles. The molecule has 0 spiro atoms. The van der Waals surface area contributed by atoms with Crippen LogP contribution in [0.1, 0.15) is 6.92 Å². The number of rotatable bonds is 10. The molecule has 0 aliphatic carbocycles. The topological polar surface area (TPSA) is 94.6 Å². The zero-order valence-electron chi connectivity index (χ0n) is 12.2. The lowest BCUT2D eigenvalue weighted by Gasteiger charge is -2.40. The predicted molar refractivity (Wildman–Crippen MR) is 79.6 cm³/mol. The second-order valence-electron chi connectivity index (χ2n) is 4.90. The van der Waals surface area contributed by atoms with Gasteiger partial charge in [0.15, 0.2) is 0 Å². The second kappa shape index (κ2) is 10.5. The van der Waals surface area contributed by atoms with Crippen LogP contribution in [0.15, 0.2) is 0 Å². The van der Waals surface area contributed by atoms with Crippen molar-refractivity contribution < 1.29 is 0 Å². The highest BCUT2D eigenvalue weighted by Gasteiger charge is 2.19. The van der Waals surface area contributed by atoms with Crippen molar-refractivity contribution >= 4 is 0 Å². The summed E-state index contributed by atoms with van der Waals surface area (Å²) in [5.41, 5.74) is 11.5. The summed E-state index contributed by atoms with van der Waals surface area (Å²) in [5, 5.41) is 14.7. The van der Waals surface area contributed by atoms with Crippen molar-refractivity contribution in [2.24, 2.45) is 11.5 Å². The average molecular weight is 273 g/mol. The predicted octanol–water partition coefficient (Wildman–Crippen LogP) is -2.45. The third kappa shape index (κ3) is 7.17. The molecule has 0 aromatic heterocycles. The molecule has 7 nitrogen and oxygen atoms in total. The van der Waals surface area contributed by atoms with E-state index in [1.54, 1.807) is 0 Å². The quantitative estimate of drug-likeness (QED) is 0.223. The van der Waals surface area contributed by atoms with Crippen molar-refractivity contribution in [2.75, 3.05) is 65.4 Å². The molecule has 0 aromatic carbocycles. The number of hydrazine groups is 1. The Kier molecular flexibility index (Phi) is 9.27. The molecule has 114 valence electrons. The Morgan fingerprint density at radius 3 is 2.37 bits per heavy atom. The molecular weight excluding hydrogens is 242 g/mol. The third-order valence-corrected chi connectivity index (χ3v) is 3.24. The number of nitrogens with two attached hydrogens (primary N) is 2. The van der Waals surface area contributed by atoms with Crippen LogP contribution in [0.25, 0.3) is 0 Å². The highest BCUT2D eigenvalue weighted by Crippen LogP contribution is 2.02. The Balaban J connectivity index is 2.11. The fourth-order valence-corrected chi connectivity index (χ4v) is 2.24. The van der Waals surface area contributed by atoms with Gasteiger partial charge in [-0.15, -0.1) is 0 Å². The van der Waals surface area contributed by atoms with Crippen LogP contribution in [0.4, 0.5) is 0 Å². The number of hydrogen-bond donors (Lipinski definition) is 5. The van der Waals surface area contributed by atoms with Crippen molar-refractivity contribution in [1.29, 1.82) is 0 Å². The maximum Gasteiger partial charge on any atom is 0.0682 e. The third-order valence-electron chi connectivity index (χ3n) is 3.24. The Hall–Kier alpha value is -0.280. The number of hydrogen-bond acceptors (Lipinski definition) is 7. The van der Waals surface area contributed by atoms with Crippen molar-refractivity contribution in [2.45, 2.75) is 13.1 Å². The van der Waals surface area contributed by atoms with Gasteiger partial charge in [0.2, 0.25) is 0 Å². The Bertz CT molecular complexity index is 206. The molecule has 7 N–H and O–H groups in total. The molecule has 1 heterocycles. The van der Waals surface area contributed by atoms with E-state index in [0.717, 1.165) is 58.9 Å². The van der Waals surface area contributed by atoms with E-state index in [-0.39, 0.29) is 6.17 Å².